The monoisotopic (exact) mass is 332 g/mol. The van der Waals surface area contributed by atoms with Crippen molar-refractivity contribution in [1.29, 1.82) is 0 Å². The number of imidazole rings is 1. The molecule has 3 heteroatoms. The Hall–Kier alpha value is -2.58. The second-order valence-electron chi connectivity index (χ2n) is 5.89. The fourth-order valence-corrected chi connectivity index (χ4v) is 3.09. The summed E-state index contributed by atoms with van der Waals surface area (Å²) in [5, 5.41) is 0.749. The summed E-state index contributed by atoms with van der Waals surface area (Å²) >= 11 is 5.95. The van der Waals surface area contributed by atoms with Gasteiger partial charge in [0.15, 0.2) is 0 Å². The highest BCUT2D eigenvalue weighted by atomic mass is 35.5. The van der Waals surface area contributed by atoms with E-state index in [1.165, 1.54) is 5.52 Å². The predicted molar refractivity (Wildman–Crippen MR) is 102 cm³/mol. The average molecular weight is 333 g/mol. The van der Waals surface area contributed by atoms with Gasteiger partial charge < -0.3 is 4.57 Å². The minimum atomic E-state index is 0.422. The van der Waals surface area contributed by atoms with Crippen molar-refractivity contribution in [3.05, 3.63) is 89.2 Å². The first kappa shape index (κ1) is 15.0. The third-order valence-corrected chi connectivity index (χ3v) is 4.45. The molecule has 0 spiro atoms. The molecule has 3 aromatic rings. The number of fused-ring (bicyclic) bond motifs is 1. The summed E-state index contributed by atoms with van der Waals surface area (Å²) in [5.41, 5.74) is 3.31. The van der Waals surface area contributed by atoms with E-state index in [4.69, 9.17) is 16.6 Å². The Morgan fingerprint density at radius 1 is 0.958 bits per heavy atom. The Bertz CT molecular complexity index is 934. The fraction of sp³-hybridized carbons (Fsp3) is 0.0952. The second kappa shape index (κ2) is 6.50. The summed E-state index contributed by atoms with van der Waals surface area (Å²) in [6.07, 6.45) is 12.8. The molecule has 0 fully saturated rings. The molecule has 0 amide bonds. The number of aromatic nitrogens is 2. The van der Waals surface area contributed by atoms with Gasteiger partial charge in [-0.15, -0.1) is 0 Å². The first-order valence-corrected chi connectivity index (χ1v) is 8.41. The summed E-state index contributed by atoms with van der Waals surface area (Å²) in [4.78, 5) is 4.79. The average Bonchev–Trinajstić information content (AvgIpc) is 3.23. The zero-order chi connectivity index (χ0) is 16.4. The Morgan fingerprint density at radius 3 is 2.50 bits per heavy atom. The zero-order valence-corrected chi connectivity index (χ0v) is 13.9. The van der Waals surface area contributed by atoms with Crippen LogP contribution in [0.15, 0.2) is 72.8 Å². The first-order valence-electron chi connectivity index (χ1n) is 8.03. The SMILES string of the molecule is Clc1ccc(/C=C/c2nc3ccccc3n2CC2C=CC=C2)cc1. The summed E-state index contributed by atoms with van der Waals surface area (Å²) < 4.78 is 2.28. The van der Waals surface area contributed by atoms with Crippen LogP contribution in [-0.4, -0.2) is 9.55 Å². The lowest BCUT2D eigenvalue weighted by molar-refractivity contribution is 0.630. The third-order valence-electron chi connectivity index (χ3n) is 4.20. The van der Waals surface area contributed by atoms with Crippen molar-refractivity contribution in [3.63, 3.8) is 0 Å². The van der Waals surface area contributed by atoms with Gasteiger partial charge in [-0.05, 0) is 35.9 Å². The van der Waals surface area contributed by atoms with E-state index in [1.54, 1.807) is 0 Å². The van der Waals surface area contributed by atoms with Gasteiger partial charge in [-0.25, -0.2) is 4.98 Å². The van der Waals surface area contributed by atoms with Gasteiger partial charge in [0.25, 0.3) is 0 Å². The smallest absolute Gasteiger partial charge is 0.133 e. The van der Waals surface area contributed by atoms with Crippen LogP contribution in [0.5, 0.6) is 0 Å². The number of halogens is 1. The maximum atomic E-state index is 5.95. The minimum absolute atomic E-state index is 0.422. The van der Waals surface area contributed by atoms with Crippen LogP contribution in [0.25, 0.3) is 23.2 Å². The van der Waals surface area contributed by atoms with Crippen molar-refractivity contribution >= 4 is 34.8 Å². The van der Waals surface area contributed by atoms with Crippen molar-refractivity contribution in [2.45, 2.75) is 6.54 Å². The molecule has 0 bridgehead atoms. The molecule has 118 valence electrons. The molecule has 1 aromatic heterocycles. The number of hydrogen-bond donors (Lipinski definition) is 0. The molecule has 0 aliphatic heterocycles. The molecule has 1 aliphatic carbocycles. The minimum Gasteiger partial charge on any atom is -0.324 e. The molecule has 0 unspecified atom stereocenters. The summed E-state index contributed by atoms with van der Waals surface area (Å²) in [6.45, 7) is 0.897. The largest absolute Gasteiger partial charge is 0.324 e. The van der Waals surface area contributed by atoms with E-state index in [0.29, 0.717) is 5.92 Å². The van der Waals surface area contributed by atoms with Crippen LogP contribution in [0.4, 0.5) is 0 Å². The quantitative estimate of drug-likeness (QED) is 0.608. The van der Waals surface area contributed by atoms with Gasteiger partial charge in [-0.1, -0.05) is 66.2 Å². The Morgan fingerprint density at radius 2 is 1.71 bits per heavy atom. The van der Waals surface area contributed by atoms with Crippen LogP contribution in [0, 0.1) is 5.92 Å². The van der Waals surface area contributed by atoms with E-state index in [1.807, 2.05) is 30.3 Å². The highest BCUT2D eigenvalue weighted by Crippen LogP contribution is 2.22. The van der Waals surface area contributed by atoms with E-state index in [2.05, 4.69) is 59.2 Å². The molecule has 4 rings (SSSR count). The van der Waals surface area contributed by atoms with Gasteiger partial charge in [-0.3, -0.25) is 0 Å². The zero-order valence-electron chi connectivity index (χ0n) is 13.1. The van der Waals surface area contributed by atoms with Crippen molar-refractivity contribution < 1.29 is 0 Å². The van der Waals surface area contributed by atoms with E-state index in [9.17, 15) is 0 Å². The number of nitrogens with zero attached hydrogens (tertiary/aromatic N) is 2. The van der Waals surface area contributed by atoms with Gasteiger partial charge in [-0.2, -0.15) is 0 Å². The predicted octanol–water partition coefficient (Wildman–Crippen LogP) is 5.60. The molecule has 0 saturated heterocycles. The summed E-state index contributed by atoms with van der Waals surface area (Å²) in [5.74, 6) is 1.39. The molecule has 0 N–H and O–H groups in total. The summed E-state index contributed by atoms with van der Waals surface area (Å²) in [7, 11) is 0. The van der Waals surface area contributed by atoms with E-state index in [-0.39, 0.29) is 0 Å². The maximum Gasteiger partial charge on any atom is 0.133 e. The van der Waals surface area contributed by atoms with Crippen molar-refractivity contribution in [2.24, 2.45) is 5.92 Å². The van der Waals surface area contributed by atoms with Crippen molar-refractivity contribution in [1.82, 2.24) is 9.55 Å². The van der Waals surface area contributed by atoms with Crippen LogP contribution in [0.2, 0.25) is 5.02 Å². The molecule has 2 nitrogen and oxygen atoms in total. The number of para-hydroxylation sites is 2. The number of hydrogen-bond acceptors (Lipinski definition) is 1. The van der Waals surface area contributed by atoms with Gasteiger partial charge in [0.1, 0.15) is 5.82 Å². The molecule has 1 aliphatic rings. The fourth-order valence-electron chi connectivity index (χ4n) is 2.97. The first-order chi connectivity index (χ1) is 11.8. The number of allylic oxidation sites excluding steroid dienone is 4. The number of rotatable bonds is 4. The van der Waals surface area contributed by atoms with Gasteiger partial charge >= 0.3 is 0 Å². The van der Waals surface area contributed by atoms with Gasteiger partial charge in [0.05, 0.1) is 11.0 Å². The Labute approximate surface area is 146 Å². The lowest BCUT2D eigenvalue weighted by atomic mass is 10.1. The van der Waals surface area contributed by atoms with Gasteiger partial charge in [0, 0.05) is 17.5 Å². The molecular formula is C21H17ClN2. The van der Waals surface area contributed by atoms with E-state index in [0.717, 1.165) is 28.5 Å². The van der Waals surface area contributed by atoms with E-state index >= 15 is 0 Å². The number of benzene rings is 2. The summed E-state index contributed by atoms with van der Waals surface area (Å²) in [6, 6.07) is 16.1. The highest BCUT2D eigenvalue weighted by Gasteiger charge is 2.12. The topological polar surface area (TPSA) is 17.8 Å². The van der Waals surface area contributed by atoms with Crippen LogP contribution in [-0.2, 0) is 6.54 Å². The van der Waals surface area contributed by atoms with Crippen LogP contribution < -0.4 is 0 Å². The Kier molecular flexibility index (Phi) is 4.06. The van der Waals surface area contributed by atoms with Crippen molar-refractivity contribution in [3.8, 4) is 0 Å². The molecule has 0 atom stereocenters. The lowest BCUT2D eigenvalue weighted by Crippen LogP contribution is -2.07. The van der Waals surface area contributed by atoms with Crippen LogP contribution in [0.1, 0.15) is 11.4 Å². The molecule has 0 radical (unpaired) electrons. The molecule has 24 heavy (non-hydrogen) atoms. The normalized spacial score (nSPS) is 14.4. The third kappa shape index (κ3) is 3.06. The highest BCUT2D eigenvalue weighted by molar-refractivity contribution is 6.30. The molecule has 1 heterocycles. The second-order valence-corrected chi connectivity index (χ2v) is 6.32. The maximum absolute atomic E-state index is 5.95. The molecular weight excluding hydrogens is 316 g/mol. The van der Waals surface area contributed by atoms with Gasteiger partial charge in [0.2, 0.25) is 0 Å². The van der Waals surface area contributed by atoms with Crippen molar-refractivity contribution in [2.75, 3.05) is 0 Å². The molecule has 2 aromatic carbocycles. The lowest BCUT2D eigenvalue weighted by Gasteiger charge is -2.10. The van der Waals surface area contributed by atoms with Crippen LogP contribution in [0.3, 0.4) is 0 Å². The standard InChI is InChI=1S/C21H17ClN2/c22-18-12-9-16(10-13-18)11-14-21-23-19-7-3-4-8-20(19)24(21)15-17-5-1-2-6-17/h1-14,17H,15H2/b14-11+. The Balaban J connectivity index is 1.71. The van der Waals surface area contributed by atoms with Crippen LogP contribution >= 0.6 is 11.6 Å². The molecule has 0 saturated carbocycles. The van der Waals surface area contributed by atoms with E-state index < -0.39 is 0 Å².